The van der Waals surface area contributed by atoms with E-state index in [9.17, 15) is 9.59 Å². The zero-order valence-corrected chi connectivity index (χ0v) is 15.7. The Balaban J connectivity index is 1.50. The number of ether oxygens (including phenoxy) is 1. The molecule has 0 bridgehead atoms. The van der Waals surface area contributed by atoms with Crippen LogP contribution in [-0.4, -0.2) is 24.5 Å². The minimum Gasteiger partial charge on any atom is -0.494 e. The molecule has 1 saturated heterocycles. The highest BCUT2D eigenvalue weighted by atomic mass is 16.5. The minimum atomic E-state index is -0.565. The number of amides is 2. The second-order valence-corrected chi connectivity index (χ2v) is 6.87. The van der Waals surface area contributed by atoms with Crippen molar-refractivity contribution < 1.29 is 14.3 Å². The highest BCUT2D eigenvalue weighted by Gasteiger charge is 2.39. The van der Waals surface area contributed by atoms with E-state index < -0.39 is 6.04 Å². The monoisotopic (exact) mass is 374 g/mol. The number of rotatable bonds is 6. The van der Waals surface area contributed by atoms with Crippen LogP contribution in [0.5, 0.6) is 5.75 Å². The second-order valence-electron chi connectivity index (χ2n) is 6.87. The molecule has 0 radical (unpaired) electrons. The molecular formula is C23H22N2O3. The van der Waals surface area contributed by atoms with Crippen molar-refractivity contribution in [2.45, 2.75) is 25.8 Å². The largest absolute Gasteiger partial charge is 0.494 e. The Morgan fingerprint density at radius 1 is 1.00 bits per heavy atom. The number of anilines is 2. The van der Waals surface area contributed by atoms with E-state index in [1.807, 2.05) is 49.4 Å². The maximum absolute atomic E-state index is 12.9. The average Bonchev–Trinajstić information content (AvgIpc) is 3.00. The van der Waals surface area contributed by atoms with Gasteiger partial charge in [-0.2, -0.15) is 0 Å². The predicted molar refractivity (Wildman–Crippen MR) is 111 cm³/mol. The van der Waals surface area contributed by atoms with Crippen molar-refractivity contribution in [2.24, 2.45) is 0 Å². The summed E-state index contributed by atoms with van der Waals surface area (Å²) in [6.07, 6.45) is 1.06. The second kappa shape index (κ2) is 7.72. The summed E-state index contributed by atoms with van der Waals surface area (Å²) in [4.78, 5) is 26.6. The van der Waals surface area contributed by atoms with Crippen molar-refractivity contribution in [2.75, 3.05) is 16.8 Å². The summed E-state index contributed by atoms with van der Waals surface area (Å²) in [6.45, 7) is 2.68. The molecule has 5 heteroatoms. The summed E-state index contributed by atoms with van der Waals surface area (Å²) in [5.74, 6) is 0.293. The van der Waals surface area contributed by atoms with Gasteiger partial charge >= 0.3 is 0 Å². The van der Waals surface area contributed by atoms with Crippen LogP contribution in [0.15, 0.2) is 66.7 Å². The van der Waals surface area contributed by atoms with E-state index >= 15 is 0 Å². The maximum atomic E-state index is 12.9. The molecule has 142 valence electrons. The summed E-state index contributed by atoms with van der Waals surface area (Å²) in [5.41, 5.74) is 1.40. The van der Waals surface area contributed by atoms with Crippen molar-refractivity contribution >= 4 is 34.0 Å². The maximum Gasteiger partial charge on any atom is 0.256 e. The van der Waals surface area contributed by atoms with E-state index in [1.165, 1.54) is 4.90 Å². The molecule has 1 N–H and O–H groups in total. The van der Waals surface area contributed by atoms with Crippen molar-refractivity contribution in [1.82, 2.24) is 0 Å². The van der Waals surface area contributed by atoms with Gasteiger partial charge in [-0.3, -0.25) is 9.59 Å². The Hall–Kier alpha value is -3.34. The van der Waals surface area contributed by atoms with Crippen LogP contribution < -0.4 is 15.0 Å². The van der Waals surface area contributed by atoms with Gasteiger partial charge in [0.15, 0.2) is 0 Å². The quantitative estimate of drug-likeness (QED) is 0.651. The number of imide groups is 1. The summed E-state index contributed by atoms with van der Waals surface area (Å²) < 4.78 is 5.56. The van der Waals surface area contributed by atoms with Crippen molar-refractivity contribution in [3.8, 4) is 5.75 Å². The summed E-state index contributed by atoms with van der Waals surface area (Å²) in [7, 11) is 0. The van der Waals surface area contributed by atoms with E-state index in [0.29, 0.717) is 12.3 Å². The van der Waals surface area contributed by atoms with Gasteiger partial charge in [-0.05, 0) is 53.6 Å². The van der Waals surface area contributed by atoms with Gasteiger partial charge in [0.25, 0.3) is 5.91 Å². The van der Waals surface area contributed by atoms with Crippen LogP contribution >= 0.6 is 0 Å². The fourth-order valence-corrected chi connectivity index (χ4v) is 3.41. The lowest BCUT2D eigenvalue weighted by molar-refractivity contribution is -0.121. The lowest BCUT2D eigenvalue weighted by Crippen LogP contribution is -2.34. The van der Waals surface area contributed by atoms with Gasteiger partial charge in [0.2, 0.25) is 5.91 Å². The van der Waals surface area contributed by atoms with E-state index in [0.717, 1.165) is 28.6 Å². The SMILES string of the molecule is CCCOc1ccc(N2C(=O)CC(Nc3ccc4ccccc4c3)C2=O)cc1. The lowest BCUT2D eigenvalue weighted by atomic mass is 10.1. The summed E-state index contributed by atoms with van der Waals surface area (Å²) in [6, 6.07) is 20.5. The normalized spacial score (nSPS) is 16.6. The number of fused-ring (bicyclic) bond motifs is 1. The van der Waals surface area contributed by atoms with Crippen molar-refractivity contribution in [3.05, 3.63) is 66.7 Å². The Bertz CT molecular complexity index is 1010. The molecule has 4 rings (SSSR count). The van der Waals surface area contributed by atoms with Crippen LogP contribution in [-0.2, 0) is 9.59 Å². The molecule has 1 fully saturated rings. The first-order valence-electron chi connectivity index (χ1n) is 9.50. The highest BCUT2D eigenvalue weighted by Crippen LogP contribution is 2.27. The molecular weight excluding hydrogens is 352 g/mol. The number of carbonyl (C=O) groups excluding carboxylic acids is 2. The molecule has 0 spiro atoms. The molecule has 0 aromatic heterocycles. The average molecular weight is 374 g/mol. The van der Waals surface area contributed by atoms with E-state index in [4.69, 9.17) is 4.74 Å². The van der Waals surface area contributed by atoms with Gasteiger partial charge in [0.1, 0.15) is 11.8 Å². The number of nitrogens with zero attached hydrogens (tertiary/aromatic N) is 1. The molecule has 3 aromatic carbocycles. The van der Waals surface area contributed by atoms with Crippen LogP contribution in [0.4, 0.5) is 11.4 Å². The van der Waals surface area contributed by atoms with Crippen LogP contribution in [0.25, 0.3) is 10.8 Å². The van der Waals surface area contributed by atoms with Gasteiger partial charge < -0.3 is 10.1 Å². The molecule has 5 nitrogen and oxygen atoms in total. The molecule has 1 aliphatic rings. The molecule has 3 aromatic rings. The predicted octanol–water partition coefficient (Wildman–Crippen LogP) is 4.37. The zero-order valence-electron chi connectivity index (χ0n) is 15.7. The Labute approximate surface area is 163 Å². The number of carbonyl (C=O) groups is 2. The first-order valence-corrected chi connectivity index (χ1v) is 9.50. The molecule has 1 aliphatic heterocycles. The third kappa shape index (κ3) is 3.56. The molecule has 1 unspecified atom stereocenters. The summed E-state index contributed by atoms with van der Waals surface area (Å²) >= 11 is 0. The van der Waals surface area contributed by atoms with Crippen LogP contribution in [0.3, 0.4) is 0 Å². The van der Waals surface area contributed by atoms with Gasteiger partial charge in [-0.15, -0.1) is 0 Å². The van der Waals surface area contributed by atoms with E-state index in [2.05, 4.69) is 5.32 Å². The Morgan fingerprint density at radius 2 is 1.75 bits per heavy atom. The van der Waals surface area contributed by atoms with Gasteiger partial charge in [-0.1, -0.05) is 37.3 Å². The number of nitrogens with one attached hydrogen (secondary N) is 1. The third-order valence-electron chi connectivity index (χ3n) is 4.80. The van der Waals surface area contributed by atoms with Crippen LogP contribution in [0, 0.1) is 0 Å². The summed E-state index contributed by atoms with van der Waals surface area (Å²) in [5, 5.41) is 5.44. The number of hydrogen-bond acceptors (Lipinski definition) is 4. The van der Waals surface area contributed by atoms with Crippen LogP contribution in [0.2, 0.25) is 0 Å². The van der Waals surface area contributed by atoms with Gasteiger partial charge in [0, 0.05) is 5.69 Å². The first kappa shape index (κ1) is 18.0. The topological polar surface area (TPSA) is 58.6 Å². The Kier molecular flexibility index (Phi) is 4.98. The van der Waals surface area contributed by atoms with Gasteiger partial charge in [-0.25, -0.2) is 4.90 Å². The molecule has 1 heterocycles. The fraction of sp³-hybridized carbons (Fsp3) is 0.217. The van der Waals surface area contributed by atoms with E-state index in [-0.39, 0.29) is 18.2 Å². The lowest BCUT2D eigenvalue weighted by Gasteiger charge is -2.17. The zero-order chi connectivity index (χ0) is 19.5. The fourth-order valence-electron chi connectivity index (χ4n) is 3.41. The molecule has 2 amide bonds. The molecule has 28 heavy (non-hydrogen) atoms. The van der Waals surface area contributed by atoms with E-state index in [1.54, 1.807) is 24.3 Å². The van der Waals surface area contributed by atoms with Gasteiger partial charge in [0.05, 0.1) is 18.7 Å². The number of hydrogen-bond donors (Lipinski definition) is 1. The van der Waals surface area contributed by atoms with Crippen LogP contribution in [0.1, 0.15) is 19.8 Å². The molecule has 1 atom stereocenters. The van der Waals surface area contributed by atoms with Crippen molar-refractivity contribution in [1.29, 1.82) is 0 Å². The highest BCUT2D eigenvalue weighted by molar-refractivity contribution is 6.23. The standard InChI is InChI=1S/C23H22N2O3/c1-2-13-28-20-11-9-19(10-12-20)25-22(26)15-21(23(25)27)24-18-8-7-16-5-3-4-6-17(16)14-18/h3-12,14,21,24H,2,13,15H2,1H3. The first-order chi connectivity index (χ1) is 13.7. The smallest absolute Gasteiger partial charge is 0.256 e. The third-order valence-corrected chi connectivity index (χ3v) is 4.80. The molecule has 0 aliphatic carbocycles. The molecule has 0 saturated carbocycles. The van der Waals surface area contributed by atoms with Crippen molar-refractivity contribution in [3.63, 3.8) is 0 Å². The minimum absolute atomic E-state index is 0.139. The Morgan fingerprint density at radius 3 is 2.50 bits per heavy atom. The number of benzene rings is 3.